The van der Waals surface area contributed by atoms with Crippen LogP contribution in [0.5, 0.6) is 0 Å². The largest absolute Gasteiger partial charge is 0.450 e. The summed E-state index contributed by atoms with van der Waals surface area (Å²) < 4.78 is 7.06. The van der Waals surface area contributed by atoms with E-state index < -0.39 is 0 Å². The van der Waals surface area contributed by atoms with Crippen LogP contribution < -0.4 is 5.32 Å². The van der Waals surface area contributed by atoms with Gasteiger partial charge >= 0.3 is 6.09 Å². The maximum Gasteiger partial charge on any atom is 0.409 e. The number of hydrogen-bond acceptors (Lipinski definition) is 4. The lowest BCUT2D eigenvalue weighted by Crippen LogP contribution is -2.53. The SMILES string of the molecule is CCOC(=O)N1CCN(C(=NC)NCc2c(CC)nn(C)c2CC)CC1. The predicted molar refractivity (Wildman–Crippen MR) is 102 cm³/mol. The third kappa shape index (κ3) is 4.47. The summed E-state index contributed by atoms with van der Waals surface area (Å²) in [5.74, 6) is 0.862. The molecule has 146 valence electrons. The number of hydrogen-bond donors (Lipinski definition) is 1. The second kappa shape index (κ2) is 9.45. The number of nitrogens with zero attached hydrogens (tertiary/aromatic N) is 5. The highest BCUT2D eigenvalue weighted by Crippen LogP contribution is 2.15. The molecule has 0 radical (unpaired) electrons. The third-order valence-corrected chi connectivity index (χ3v) is 4.77. The van der Waals surface area contributed by atoms with E-state index in [0.29, 0.717) is 26.2 Å². The molecule has 1 aromatic heterocycles. The first-order valence-electron chi connectivity index (χ1n) is 9.46. The van der Waals surface area contributed by atoms with Crippen LogP contribution in [0, 0.1) is 0 Å². The number of aryl methyl sites for hydroxylation is 2. The van der Waals surface area contributed by atoms with Crippen LogP contribution >= 0.6 is 0 Å². The van der Waals surface area contributed by atoms with Gasteiger partial charge in [-0.1, -0.05) is 13.8 Å². The Balaban J connectivity index is 1.96. The van der Waals surface area contributed by atoms with Gasteiger partial charge in [-0.2, -0.15) is 5.10 Å². The molecule has 0 aromatic carbocycles. The number of ether oxygens (including phenoxy) is 1. The minimum Gasteiger partial charge on any atom is -0.450 e. The fraction of sp³-hybridized carbons (Fsp3) is 0.722. The van der Waals surface area contributed by atoms with Crippen LogP contribution in [-0.4, -0.2) is 71.5 Å². The maximum absolute atomic E-state index is 11.8. The fourth-order valence-corrected chi connectivity index (χ4v) is 3.41. The molecule has 2 heterocycles. The van der Waals surface area contributed by atoms with Crippen molar-refractivity contribution in [1.29, 1.82) is 0 Å². The Labute approximate surface area is 156 Å². The van der Waals surface area contributed by atoms with Gasteiger partial charge in [0.1, 0.15) is 0 Å². The fourth-order valence-electron chi connectivity index (χ4n) is 3.41. The molecule has 1 saturated heterocycles. The Morgan fingerprint density at radius 1 is 1.15 bits per heavy atom. The summed E-state index contributed by atoms with van der Waals surface area (Å²) in [6.45, 7) is 10.0. The minimum absolute atomic E-state index is 0.231. The highest BCUT2D eigenvalue weighted by molar-refractivity contribution is 5.80. The normalized spacial score (nSPS) is 15.3. The number of nitrogens with one attached hydrogen (secondary N) is 1. The Morgan fingerprint density at radius 3 is 2.35 bits per heavy atom. The van der Waals surface area contributed by atoms with Gasteiger partial charge in [-0.05, 0) is 19.8 Å². The monoisotopic (exact) mass is 364 g/mol. The molecule has 1 aromatic rings. The Hall–Kier alpha value is -2.25. The van der Waals surface area contributed by atoms with Crippen molar-refractivity contribution < 1.29 is 9.53 Å². The molecular formula is C18H32N6O2. The molecule has 1 aliphatic heterocycles. The summed E-state index contributed by atoms with van der Waals surface area (Å²) in [5, 5.41) is 8.10. The summed E-state index contributed by atoms with van der Waals surface area (Å²) in [6.07, 6.45) is 1.64. The molecule has 1 N–H and O–H groups in total. The standard InChI is InChI=1S/C18H32N6O2/c1-6-15-14(16(7-2)22(5)21-15)13-20-17(19-4)23-9-11-24(12-10-23)18(25)26-8-3/h6-13H2,1-5H3,(H,19,20). The van der Waals surface area contributed by atoms with Crippen LogP contribution in [0.15, 0.2) is 4.99 Å². The molecule has 0 saturated carbocycles. The molecule has 0 bridgehead atoms. The molecular weight excluding hydrogens is 332 g/mol. The maximum atomic E-state index is 11.8. The highest BCUT2D eigenvalue weighted by Gasteiger charge is 2.24. The number of aromatic nitrogens is 2. The van der Waals surface area contributed by atoms with Crippen molar-refractivity contribution in [3.05, 3.63) is 17.0 Å². The molecule has 2 rings (SSSR count). The summed E-state index contributed by atoms with van der Waals surface area (Å²) in [5.41, 5.74) is 3.67. The van der Waals surface area contributed by atoms with E-state index >= 15 is 0 Å². The van der Waals surface area contributed by atoms with Gasteiger partial charge < -0.3 is 19.9 Å². The topological polar surface area (TPSA) is 75.0 Å². The van der Waals surface area contributed by atoms with Gasteiger partial charge in [-0.3, -0.25) is 9.67 Å². The van der Waals surface area contributed by atoms with Gasteiger partial charge in [0.2, 0.25) is 0 Å². The van der Waals surface area contributed by atoms with Crippen molar-refractivity contribution >= 4 is 12.1 Å². The lowest BCUT2D eigenvalue weighted by molar-refractivity contribution is 0.0914. The molecule has 1 fully saturated rings. The van der Waals surface area contributed by atoms with Crippen LogP contribution in [0.3, 0.4) is 0 Å². The average molecular weight is 364 g/mol. The van der Waals surface area contributed by atoms with E-state index in [0.717, 1.165) is 37.6 Å². The first-order chi connectivity index (χ1) is 12.5. The van der Waals surface area contributed by atoms with Gasteiger partial charge in [0, 0.05) is 58.1 Å². The van der Waals surface area contributed by atoms with Crippen molar-refractivity contribution in [3.63, 3.8) is 0 Å². The number of carbonyl (C=O) groups excluding carboxylic acids is 1. The molecule has 1 aliphatic rings. The molecule has 1 amide bonds. The average Bonchev–Trinajstić information content (AvgIpc) is 2.97. The number of guanidine groups is 1. The van der Waals surface area contributed by atoms with E-state index in [9.17, 15) is 4.79 Å². The third-order valence-electron chi connectivity index (χ3n) is 4.77. The quantitative estimate of drug-likeness (QED) is 0.631. The van der Waals surface area contributed by atoms with Crippen LogP contribution in [-0.2, 0) is 31.2 Å². The predicted octanol–water partition coefficient (Wildman–Crippen LogP) is 1.39. The number of piperazine rings is 1. The van der Waals surface area contributed by atoms with Crippen molar-refractivity contribution in [2.24, 2.45) is 12.0 Å². The summed E-state index contributed by atoms with van der Waals surface area (Å²) >= 11 is 0. The number of amides is 1. The lowest BCUT2D eigenvalue weighted by atomic mass is 10.1. The number of rotatable bonds is 5. The molecule has 8 nitrogen and oxygen atoms in total. The van der Waals surface area contributed by atoms with Crippen molar-refractivity contribution in [3.8, 4) is 0 Å². The molecule has 0 atom stereocenters. The van der Waals surface area contributed by atoms with E-state index in [-0.39, 0.29) is 6.09 Å². The van der Waals surface area contributed by atoms with E-state index in [1.165, 1.54) is 11.3 Å². The molecule has 0 aliphatic carbocycles. The Morgan fingerprint density at radius 2 is 1.81 bits per heavy atom. The summed E-state index contributed by atoms with van der Waals surface area (Å²) in [7, 11) is 3.80. The first-order valence-corrected chi connectivity index (χ1v) is 9.46. The smallest absolute Gasteiger partial charge is 0.409 e. The second-order valence-corrected chi connectivity index (χ2v) is 6.28. The van der Waals surface area contributed by atoms with E-state index in [1.807, 2.05) is 18.7 Å². The zero-order chi connectivity index (χ0) is 19.1. The van der Waals surface area contributed by atoms with Crippen molar-refractivity contribution in [1.82, 2.24) is 24.9 Å². The van der Waals surface area contributed by atoms with E-state index in [2.05, 4.69) is 34.2 Å². The zero-order valence-electron chi connectivity index (χ0n) is 16.7. The van der Waals surface area contributed by atoms with Crippen molar-refractivity contribution in [2.75, 3.05) is 39.8 Å². The lowest BCUT2D eigenvalue weighted by Gasteiger charge is -2.35. The summed E-state index contributed by atoms with van der Waals surface area (Å²) in [4.78, 5) is 20.2. The second-order valence-electron chi connectivity index (χ2n) is 6.28. The van der Waals surface area contributed by atoms with Crippen LogP contribution in [0.25, 0.3) is 0 Å². The molecule has 26 heavy (non-hydrogen) atoms. The minimum atomic E-state index is -0.231. The number of aliphatic imine (C=N–C) groups is 1. The Kier molecular flexibility index (Phi) is 7.29. The van der Waals surface area contributed by atoms with E-state index in [1.54, 1.807) is 11.9 Å². The van der Waals surface area contributed by atoms with Gasteiger partial charge in [-0.25, -0.2) is 4.79 Å². The van der Waals surface area contributed by atoms with Crippen LogP contribution in [0.2, 0.25) is 0 Å². The molecule has 0 spiro atoms. The molecule has 0 unspecified atom stereocenters. The summed E-state index contributed by atoms with van der Waals surface area (Å²) in [6, 6.07) is 0. The first kappa shape index (κ1) is 20.1. The van der Waals surface area contributed by atoms with Gasteiger partial charge in [-0.15, -0.1) is 0 Å². The molecule has 8 heteroatoms. The zero-order valence-corrected chi connectivity index (χ0v) is 16.7. The van der Waals surface area contributed by atoms with Crippen molar-refractivity contribution in [2.45, 2.75) is 40.2 Å². The number of carbonyl (C=O) groups is 1. The van der Waals surface area contributed by atoms with Gasteiger partial charge in [0.15, 0.2) is 5.96 Å². The van der Waals surface area contributed by atoms with Crippen LogP contribution in [0.1, 0.15) is 37.7 Å². The van der Waals surface area contributed by atoms with Gasteiger partial charge in [0.25, 0.3) is 0 Å². The van der Waals surface area contributed by atoms with E-state index in [4.69, 9.17) is 4.74 Å². The van der Waals surface area contributed by atoms with Crippen LogP contribution in [0.4, 0.5) is 4.79 Å². The van der Waals surface area contributed by atoms with Gasteiger partial charge in [0.05, 0.1) is 12.3 Å². The Bertz CT molecular complexity index is 632. The highest BCUT2D eigenvalue weighted by atomic mass is 16.6.